The quantitative estimate of drug-likeness (QED) is 0.494. The van der Waals surface area contributed by atoms with E-state index in [0.717, 1.165) is 32.1 Å². The minimum Gasteiger partial charge on any atom is -0.481 e. The van der Waals surface area contributed by atoms with Crippen LogP contribution in [0.5, 0.6) is 0 Å². The van der Waals surface area contributed by atoms with Gasteiger partial charge in [-0.1, -0.05) is 32.3 Å². The first-order valence-corrected chi connectivity index (χ1v) is 8.00. The van der Waals surface area contributed by atoms with Crippen LogP contribution in [0.3, 0.4) is 0 Å². The largest absolute Gasteiger partial charge is 0.481 e. The van der Waals surface area contributed by atoms with E-state index in [-0.39, 0.29) is 24.0 Å². The number of carbonyl (C=O) groups is 3. The van der Waals surface area contributed by atoms with E-state index in [9.17, 15) is 14.4 Å². The monoisotopic (exact) mass is 294 g/mol. The zero-order valence-electron chi connectivity index (χ0n) is 12.8. The summed E-state index contributed by atoms with van der Waals surface area (Å²) in [6.07, 6.45) is 10.2. The number of unbranched alkanes of at least 4 members (excludes halogenated alkanes) is 3. The Kier molecular flexibility index (Phi) is 7.95. The summed E-state index contributed by atoms with van der Waals surface area (Å²) in [6, 6.07) is 0. The van der Waals surface area contributed by atoms with Gasteiger partial charge in [-0.05, 0) is 31.3 Å². The molecule has 1 fully saturated rings. The molecule has 0 aromatic rings. The van der Waals surface area contributed by atoms with Crippen LogP contribution in [0.2, 0.25) is 0 Å². The summed E-state index contributed by atoms with van der Waals surface area (Å²) in [7, 11) is 0. The Morgan fingerprint density at radius 3 is 2.62 bits per heavy atom. The van der Waals surface area contributed by atoms with Crippen LogP contribution in [0.4, 0.5) is 0 Å². The molecule has 21 heavy (non-hydrogen) atoms. The zero-order chi connectivity index (χ0) is 15.7. The Hall–Kier alpha value is -1.45. The number of carboxylic acid groups (broad SMARTS) is 1. The highest BCUT2D eigenvalue weighted by Crippen LogP contribution is 2.33. The lowest BCUT2D eigenvalue weighted by Gasteiger charge is -2.14. The predicted octanol–water partition coefficient (Wildman–Crippen LogP) is 3.54. The standard InChI is InChI=1S/C17H26O4/c1-2-14(18)11-9-13-10-12-16(19)15(13)7-5-3-4-6-8-17(20)21/h9,11,13,15H,2-8,10,12H2,1H3,(H,20,21)/b11-9+. The van der Waals surface area contributed by atoms with Crippen molar-refractivity contribution in [1.82, 2.24) is 0 Å². The van der Waals surface area contributed by atoms with Gasteiger partial charge in [-0.2, -0.15) is 0 Å². The van der Waals surface area contributed by atoms with Gasteiger partial charge >= 0.3 is 5.97 Å². The van der Waals surface area contributed by atoms with Crippen molar-refractivity contribution in [2.45, 2.75) is 64.7 Å². The van der Waals surface area contributed by atoms with Crippen LogP contribution in [-0.2, 0) is 14.4 Å². The van der Waals surface area contributed by atoms with E-state index in [1.807, 2.05) is 13.0 Å². The molecule has 2 unspecified atom stereocenters. The molecular weight excluding hydrogens is 268 g/mol. The fourth-order valence-corrected chi connectivity index (χ4v) is 2.88. The van der Waals surface area contributed by atoms with Gasteiger partial charge in [0.15, 0.2) is 5.78 Å². The van der Waals surface area contributed by atoms with Crippen molar-refractivity contribution in [2.24, 2.45) is 11.8 Å². The van der Waals surface area contributed by atoms with E-state index < -0.39 is 5.97 Å². The van der Waals surface area contributed by atoms with E-state index in [0.29, 0.717) is 25.0 Å². The van der Waals surface area contributed by atoms with Gasteiger partial charge in [0.05, 0.1) is 0 Å². The first-order chi connectivity index (χ1) is 10.0. The average molecular weight is 294 g/mol. The molecule has 4 heteroatoms. The van der Waals surface area contributed by atoms with Gasteiger partial charge in [0, 0.05) is 25.2 Å². The van der Waals surface area contributed by atoms with Crippen LogP contribution in [0.1, 0.15) is 64.7 Å². The number of hydrogen-bond donors (Lipinski definition) is 1. The van der Waals surface area contributed by atoms with Crippen LogP contribution in [-0.4, -0.2) is 22.6 Å². The summed E-state index contributed by atoms with van der Waals surface area (Å²) in [6.45, 7) is 1.83. The second kappa shape index (κ2) is 9.48. The van der Waals surface area contributed by atoms with Crippen molar-refractivity contribution in [3.8, 4) is 0 Å². The molecule has 0 bridgehead atoms. The number of carboxylic acids is 1. The highest BCUT2D eigenvalue weighted by molar-refractivity contribution is 5.89. The van der Waals surface area contributed by atoms with E-state index in [1.165, 1.54) is 0 Å². The fraction of sp³-hybridized carbons (Fsp3) is 0.706. The molecule has 0 heterocycles. The molecule has 0 saturated heterocycles. The van der Waals surface area contributed by atoms with Gasteiger partial charge in [-0.25, -0.2) is 0 Å². The van der Waals surface area contributed by atoms with E-state index >= 15 is 0 Å². The number of rotatable bonds is 10. The third-order valence-corrected chi connectivity index (χ3v) is 4.19. The minimum atomic E-state index is -0.744. The summed E-state index contributed by atoms with van der Waals surface area (Å²) >= 11 is 0. The van der Waals surface area contributed by atoms with Crippen LogP contribution >= 0.6 is 0 Å². The summed E-state index contributed by atoms with van der Waals surface area (Å²) in [5.74, 6) is -0.0370. The number of Topliss-reactive ketones (excluding diaryl/α,β-unsaturated/α-hetero) is 1. The summed E-state index contributed by atoms with van der Waals surface area (Å²) in [5.41, 5.74) is 0. The smallest absolute Gasteiger partial charge is 0.303 e. The maximum Gasteiger partial charge on any atom is 0.303 e. The van der Waals surface area contributed by atoms with Gasteiger partial charge < -0.3 is 5.11 Å². The minimum absolute atomic E-state index is 0.0605. The van der Waals surface area contributed by atoms with Crippen LogP contribution < -0.4 is 0 Å². The highest BCUT2D eigenvalue weighted by atomic mass is 16.4. The summed E-state index contributed by atoms with van der Waals surface area (Å²) < 4.78 is 0. The van der Waals surface area contributed by atoms with Gasteiger partial charge in [0.1, 0.15) is 5.78 Å². The Bertz CT molecular complexity index is 398. The summed E-state index contributed by atoms with van der Waals surface area (Å²) in [4.78, 5) is 33.6. The lowest BCUT2D eigenvalue weighted by Crippen LogP contribution is -2.13. The molecule has 1 aliphatic rings. The topological polar surface area (TPSA) is 71.4 Å². The molecule has 0 radical (unpaired) electrons. The Morgan fingerprint density at radius 1 is 1.24 bits per heavy atom. The van der Waals surface area contributed by atoms with E-state index in [2.05, 4.69) is 0 Å². The van der Waals surface area contributed by atoms with Crippen molar-refractivity contribution < 1.29 is 19.5 Å². The molecule has 4 nitrogen and oxygen atoms in total. The molecule has 1 N–H and O–H groups in total. The number of ketones is 2. The van der Waals surface area contributed by atoms with Crippen molar-refractivity contribution >= 4 is 17.5 Å². The number of aliphatic carboxylic acids is 1. The maximum atomic E-state index is 11.9. The molecule has 1 aliphatic carbocycles. The van der Waals surface area contributed by atoms with Crippen molar-refractivity contribution in [3.63, 3.8) is 0 Å². The zero-order valence-corrected chi connectivity index (χ0v) is 12.8. The van der Waals surface area contributed by atoms with Crippen LogP contribution in [0.25, 0.3) is 0 Å². The molecule has 1 saturated carbocycles. The molecule has 2 atom stereocenters. The number of allylic oxidation sites excluding steroid dienone is 2. The summed E-state index contributed by atoms with van der Waals surface area (Å²) in [5, 5.41) is 8.56. The van der Waals surface area contributed by atoms with Gasteiger partial charge in [0.2, 0.25) is 0 Å². The van der Waals surface area contributed by atoms with Gasteiger partial charge in [-0.3, -0.25) is 14.4 Å². The van der Waals surface area contributed by atoms with Gasteiger partial charge in [-0.15, -0.1) is 0 Å². The molecule has 0 aromatic heterocycles. The molecule has 0 spiro atoms. The lowest BCUT2D eigenvalue weighted by atomic mass is 9.89. The third-order valence-electron chi connectivity index (χ3n) is 4.19. The lowest BCUT2D eigenvalue weighted by molar-refractivity contribution is -0.137. The van der Waals surface area contributed by atoms with E-state index in [4.69, 9.17) is 5.11 Å². The Labute approximate surface area is 126 Å². The average Bonchev–Trinajstić information content (AvgIpc) is 2.80. The molecule has 0 amide bonds. The van der Waals surface area contributed by atoms with Crippen molar-refractivity contribution in [1.29, 1.82) is 0 Å². The number of hydrogen-bond acceptors (Lipinski definition) is 3. The van der Waals surface area contributed by atoms with Crippen molar-refractivity contribution in [2.75, 3.05) is 0 Å². The molecule has 0 aliphatic heterocycles. The van der Waals surface area contributed by atoms with Crippen LogP contribution in [0.15, 0.2) is 12.2 Å². The molecular formula is C17H26O4. The second-order valence-corrected chi connectivity index (χ2v) is 5.80. The Morgan fingerprint density at radius 2 is 1.95 bits per heavy atom. The first kappa shape index (κ1) is 17.6. The van der Waals surface area contributed by atoms with Crippen LogP contribution in [0, 0.1) is 11.8 Å². The normalized spacial score (nSPS) is 22.0. The second-order valence-electron chi connectivity index (χ2n) is 5.80. The molecule has 1 rings (SSSR count). The predicted molar refractivity (Wildman–Crippen MR) is 81.0 cm³/mol. The Balaban J connectivity index is 2.30. The first-order valence-electron chi connectivity index (χ1n) is 8.00. The SMILES string of the molecule is CCC(=O)/C=C/C1CCC(=O)C1CCCCCCC(=O)O. The van der Waals surface area contributed by atoms with E-state index in [1.54, 1.807) is 6.08 Å². The highest BCUT2D eigenvalue weighted by Gasteiger charge is 2.32. The molecule has 0 aromatic carbocycles. The molecule has 118 valence electrons. The third kappa shape index (κ3) is 6.69. The maximum absolute atomic E-state index is 11.9. The van der Waals surface area contributed by atoms with Crippen molar-refractivity contribution in [3.05, 3.63) is 12.2 Å². The number of carbonyl (C=O) groups excluding carboxylic acids is 2. The fourth-order valence-electron chi connectivity index (χ4n) is 2.88. The van der Waals surface area contributed by atoms with Gasteiger partial charge in [0.25, 0.3) is 0 Å².